The average molecular weight is 266 g/mol. The standard InChI is InChI=1S/C15H26N2S/c1-2-9-17-15(12-16)8-7-14(10-15)18-11-13-5-3-4-6-13/h13-14,17H,2-11H2,1H3. The average Bonchev–Trinajstić information content (AvgIpc) is 3.04. The third-order valence-electron chi connectivity index (χ3n) is 4.44. The van der Waals surface area contributed by atoms with Crippen molar-refractivity contribution in [2.24, 2.45) is 5.92 Å². The Balaban J connectivity index is 1.74. The maximum absolute atomic E-state index is 9.42. The summed E-state index contributed by atoms with van der Waals surface area (Å²) in [4.78, 5) is 0. The lowest BCUT2D eigenvalue weighted by Crippen LogP contribution is -2.42. The van der Waals surface area contributed by atoms with Crippen molar-refractivity contribution in [3.8, 4) is 6.07 Å². The monoisotopic (exact) mass is 266 g/mol. The van der Waals surface area contributed by atoms with Gasteiger partial charge in [-0.15, -0.1) is 0 Å². The molecule has 2 rings (SSSR count). The Labute approximate surface area is 116 Å². The Kier molecular flexibility index (Phi) is 5.38. The molecule has 1 N–H and O–H groups in total. The zero-order chi connectivity index (χ0) is 12.8. The molecule has 3 heteroatoms. The van der Waals surface area contributed by atoms with Crippen LogP contribution in [0.5, 0.6) is 0 Å². The van der Waals surface area contributed by atoms with Crippen LogP contribution in [0, 0.1) is 17.2 Å². The van der Waals surface area contributed by atoms with Gasteiger partial charge >= 0.3 is 0 Å². The van der Waals surface area contributed by atoms with Gasteiger partial charge in [-0.1, -0.05) is 19.8 Å². The summed E-state index contributed by atoms with van der Waals surface area (Å²) in [6.45, 7) is 3.15. The van der Waals surface area contributed by atoms with Crippen LogP contribution in [0.3, 0.4) is 0 Å². The first-order valence-electron chi connectivity index (χ1n) is 7.56. The molecule has 102 valence electrons. The van der Waals surface area contributed by atoms with Gasteiger partial charge in [0.2, 0.25) is 0 Å². The predicted octanol–water partition coefficient (Wildman–Crippen LogP) is 3.72. The number of nitrogens with one attached hydrogen (secondary N) is 1. The molecule has 0 aromatic carbocycles. The van der Waals surface area contributed by atoms with Crippen LogP contribution >= 0.6 is 11.8 Å². The van der Waals surface area contributed by atoms with E-state index in [1.807, 2.05) is 0 Å². The third kappa shape index (κ3) is 3.65. The van der Waals surface area contributed by atoms with Crippen molar-refractivity contribution in [1.29, 1.82) is 5.26 Å². The van der Waals surface area contributed by atoms with Gasteiger partial charge in [-0.2, -0.15) is 17.0 Å². The van der Waals surface area contributed by atoms with Crippen LogP contribution in [0.2, 0.25) is 0 Å². The molecule has 0 amide bonds. The van der Waals surface area contributed by atoms with Crippen molar-refractivity contribution in [2.75, 3.05) is 12.3 Å². The highest BCUT2D eigenvalue weighted by Crippen LogP contribution is 2.39. The molecule has 2 fully saturated rings. The van der Waals surface area contributed by atoms with Gasteiger partial charge in [0.1, 0.15) is 5.54 Å². The number of hydrogen-bond donors (Lipinski definition) is 1. The van der Waals surface area contributed by atoms with Gasteiger partial charge in [0.25, 0.3) is 0 Å². The SMILES string of the molecule is CCCNC1(C#N)CCC(SCC2CCCC2)C1. The lowest BCUT2D eigenvalue weighted by Gasteiger charge is -2.22. The molecule has 2 unspecified atom stereocenters. The summed E-state index contributed by atoms with van der Waals surface area (Å²) in [6.07, 6.45) is 10.2. The minimum atomic E-state index is -0.205. The van der Waals surface area contributed by atoms with Crippen molar-refractivity contribution >= 4 is 11.8 Å². The molecule has 0 aliphatic heterocycles. The van der Waals surface area contributed by atoms with E-state index in [1.54, 1.807) is 0 Å². The molecule has 0 bridgehead atoms. The lowest BCUT2D eigenvalue weighted by molar-refractivity contribution is 0.424. The second-order valence-electron chi connectivity index (χ2n) is 5.97. The maximum atomic E-state index is 9.42. The third-order valence-corrected chi connectivity index (χ3v) is 5.98. The molecule has 0 radical (unpaired) electrons. The highest BCUT2D eigenvalue weighted by Gasteiger charge is 2.39. The number of hydrogen-bond acceptors (Lipinski definition) is 3. The van der Waals surface area contributed by atoms with Gasteiger partial charge in [0.15, 0.2) is 0 Å². The van der Waals surface area contributed by atoms with E-state index >= 15 is 0 Å². The molecule has 0 aromatic heterocycles. The Bertz CT molecular complexity index is 293. The fourth-order valence-corrected chi connectivity index (χ4v) is 4.82. The van der Waals surface area contributed by atoms with E-state index < -0.39 is 0 Å². The van der Waals surface area contributed by atoms with Gasteiger partial charge in [-0.3, -0.25) is 5.32 Å². The Morgan fingerprint density at radius 1 is 1.33 bits per heavy atom. The summed E-state index contributed by atoms with van der Waals surface area (Å²) in [7, 11) is 0. The Morgan fingerprint density at radius 3 is 2.78 bits per heavy atom. The normalized spacial score (nSPS) is 32.8. The van der Waals surface area contributed by atoms with Crippen LogP contribution in [0.15, 0.2) is 0 Å². The topological polar surface area (TPSA) is 35.8 Å². The Hall–Kier alpha value is -0.200. The van der Waals surface area contributed by atoms with Crippen molar-refractivity contribution in [1.82, 2.24) is 5.32 Å². The van der Waals surface area contributed by atoms with E-state index in [4.69, 9.17) is 0 Å². The first-order chi connectivity index (χ1) is 8.78. The predicted molar refractivity (Wildman–Crippen MR) is 78.7 cm³/mol. The molecule has 18 heavy (non-hydrogen) atoms. The minimum absolute atomic E-state index is 0.205. The first-order valence-corrected chi connectivity index (χ1v) is 8.61. The van der Waals surface area contributed by atoms with Crippen LogP contribution in [0.4, 0.5) is 0 Å². The lowest BCUT2D eigenvalue weighted by atomic mass is 10.00. The zero-order valence-corrected chi connectivity index (χ0v) is 12.4. The van der Waals surface area contributed by atoms with Crippen LogP contribution in [0.1, 0.15) is 58.3 Å². The van der Waals surface area contributed by atoms with Gasteiger partial charge in [-0.25, -0.2) is 0 Å². The second-order valence-corrected chi connectivity index (χ2v) is 7.30. The molecular formula is C15H26N2S. The first kappa shape index (κ1) is 14.2. The summed E-state index contributed by atoms with van der Waals surface area (Å²) in [5.74, 6) is 2.30. The summed E-state index contributed by atoms with van der Waals surface area (Å²) in [5.41, 5.74) is -0.205. The maximum Gasteiger partial charge on any atom is 0.107 e. The summed E-state index contributed by atoms with van der Waals surface area (Å²) < 4.78 is 0. The van der Waals surface area contributed by atoms with Crippen molar-refractivity contribution in [2.45, 2.75) is 69.1 Å². The zero-order valence-electron chi connectivity index (χ0n) is 11.6. The van der Waals surface area contributed by atoms with Crippen LogP contribution in [0.25, 0.3) is 0 Å². The molecule has 0 aromatic rings. The highest BCUT2D eigenvalue weighted by atomic mass is 32.2. The van der Waals surface area contributed by atoms with E-state index in [9.17, 15) is 5.26 Å². The van der Waals surface area contributed by atoms with E-state index in [1.165, 1.54) is 37.9 Å². The molecule has 2 saturated carbocycles. The van der Waals surface area contributed by atoms with Crippen molar-refractivity contribution in [3.05, 3.63) is 0 Å². The van der Waals surface area contributed by atoms with Crippen molar-refractivity contribution < 1.29 is 0 Å². The molecule has 2 aliphatic rings. The van der Waals surface area contributed by atoms with E-state index in [0.717, 1.165) is 37.0 Å². The summed E-state index contributed by atoms with van der Waals surface area (Å²) in [6, 6.07) is 2.55. The molecule has 2 aliphatic carbocycles. The van der Waals surface area contributed by atoms with Gasteiger partial charge in [0.05, 0.1) is 6.07 Å². The number of rotatable bonds is 6. The second kappa shape index (κ2) is 6.82. The van der Waals surface area contributed by atoms with Crippen molar-refractivity contribution in [3.63, 3.8) is 0 Å². The smallest absolute Gasteiger partial charge is 0.107 e. The van der Waals surface area contributed by atoms with Crippen LogP contribution in [-0.2, 0) is 0 Å². The molecule has 0 heterocycles. The fourth-order valence-electron chi connectivity index (χ4n) is 3.26. The van der Waals surface area contributed by atoms with E-state index in [2.05, 4.69) is 30.1 Å². The molecule has 0 saturated heterocycles. The molecule has 2 atom stereocenters. The van der Waals surface area contributed by atoms with Crippen LogP contribution < -0.4 is 5.32 Å². The fraction of sp³-hybridized carbons (Fsp3) is 0.933. The number of thioether (sulfide) groups is 1. The van der Waals surface area contributed by atoms with Gasteiger partial charge in [0, 0.05) is 5.25 Å². The van der Waals surface area contributed by atoms with E-state index in [0.29, 0.717) is 0 Å². The molecular weight excluding hydrogens is 240 g/mol. The Morgan fingerprint density at radius 2 is 2.11 bits per heavy atom. The van der Waals surface area contributed by atoms with Gasteiger partial charge < -0.3 is 0 Å². The molecule has 0 spiro atoms. The number of nitriles is 1. The van der Waals surface area contributed by atoms with Crippen LogP contribution in [-0.4, -0.2) is 23.1 Å². The minimum Gasteiger partial charge on any atom is -0.299 e. The molecule has 2 nitrogen and oxygen atoms in total. The van der Waals surface area contributed by atoms with Gasteiger partial charge in [-0.05, 0) is 56.7 Å². The summed E-state index contributed by atoms with van der Waals surface area (Å²) >= 11 is 2.14. The summed E-state index contributed by atoms with van der Waals surface area (Å²) in [5, 5.41) is 13.6. The number of nitrogens with zero attached hydrogens (tertiary/aromatic N) is 1. The van der Waals surface area contributed by atoms with E-state index in [-0.39, 0.29) is 5.54 Å². The largest absolute Gasteiger partial charge is 0.299 e. The highest BCUT2D eigenvalue weighted by molar-refractivity contribution is 7.99. The quantitative estimate of drug-likeness (QED) is 0.796.